The van der Waals surface area contributed by atoms with Gasteiger partial charge in [0.2, 0.25) is 0 Å². The van der Waals surface area contributed by atoms with Crippen LogP contribution in [0, 0.1) is 16.7 Å². The van der Waals surface area contributed by atoms with Crippen molar-refractivity contribution in [2.75, 3.05) is 0 Å². The number of allylic oxidation sites excluding steroid dienone is 5. The molecule has 2 bridgehead atoms. The predicted octanol–water partition coefficient (Wildman–Crippen LogP) is 3.04. The highest BCUT2D eigenvalue weighted by atomic mass is 16.1. The van der Waals surface area contributed by atoms with E-state index in [1.54, 1.807) is 0 Å². The molecule has 0 N–H and O–H groups in total. The molecule has 0 saturated heterocycles. The lowest BCUT2D eigenvalue weighted by Crippen LogP contribution is -2.51. The lowest BCUT2D eigenvalue weighted by molar-refractivity contribution is -0.129. The van der Waals surface area contributed by atoms with Crippen molar-refractivity contribution in [1.82, 2.24) is 0 Å². The van der Waals surface area contributed by atoms with Crippen molar-refractivity contribution in [3.05, 3.63) is 36.0 Å². The van der Waals surface area contributed by atoms with Crippen molar-refractivity contribution in [3.63, 3.8) is 0 Å². The second-order valence-electron chi connectivity index (χ2n) is 5.47. The minimum absolute atomic E-state index is 0.0811. The Bertz CT molecular complexity index is 440. The predicted molar refractivity (Wildman–Crippen MR) is 60.3 cm³/mol. The molecule has 1 fully saturated rings. The number of hydrogen-bond acceptors (Lipinski definition) is 1. The van der Waals surface area contributed by atoms with Crippen molar-refractivity contribution in [3.8, 4) is 0 Å². The standard InChI is InChI=1S/C14H16O/c1-9-7-13(3)8-11-5-4-6-14(9,11)12(15)10(13)2/h4-5,7,11H,2,6,8H2,1,3H3/t11-,13+,14-/m0/s1. The quantitative estimate of drug-likeness (QED) is 0.434. The van der Waals surface area contributed by atoms with Crippen molar-refractivity contribution in [2.24, 2.45) is 16.7 Å². The Morgan fingerprint density at radius 1 is 1.53 bits per heavy atom. The van der Waals surface area contributed by atoms with Crippen LogP contribution >= 0.6 is 0 Å². The van der Waals surface area contributed by atoms with E-state index >= 15 is 0 Å². The zero-order valence-corrected chi connectivity index (χ0v) is 9.34. The molecule has 15 heavy (non-hydrogen) atoms. The molecule has 4 rings (SSSR count). The van der Waals surface area contributed by atoms with E-state index in [0.717, 1.165) is 18.4 Å². The molecule has 0 amide bonds. The summed E-state index contributed by atoms with van der Waals surface area (Å²) in [6.45, 7) is 8.28. The molecule has 0 radical (unpaired) electrons. The van der Waals surface area contributed by atoms with Crippen LogP contribution in [0.4, 0.5) is 0 Å². The highest BCUT2D eigenvalue weighted by Crippen LogP contribution is 2.62. The highest BCUT2D eigenvalue weighted by Gasteiger charge is 2.59. The smallest absolute Gasteiger partial charge is 0.170 e. The van der Waals surface area contributed by atoms with E-state index in [4.69, 9.17) is 0 Å². The molecule has 1 spiro atoms. The minimum Gasteiger partial charge on any atom is -0.294 e. The summed E-state index contributed by atoms with van der Waals surface area (Å²) in [5, 5.41) is 0. The van der Waals surface area contributed by atoms with E-state index in [0.29, 0.717) is 11.7 Å². The molecule has 1 saturated carbocycles. The van der Waals surface area contributed by atoms with Crippen molar-refractivity contribution < 1.29 is 4.79 Å². The topological polar surface area (TPSA) is 17.1 Å². The maximum atomic E-state index is 12.4. The summed E-state index contributed by atoms with van der Waals surface area (Å²) in [6, 6.07) is 0. The first-order valence-corrected chi connectivity index (χ1v) is 5.61. The lowest BCUT2D eigenvalue weighted by atomic mass is 9.49. The number of rotatable bonds is 0. The lowest BCUT2D eigenvalue weighted by Gasteiger charge is -2.52. The number of fused-ring (bicyclic) bond motifs is 1. The van der Waals surface area contributed by atoms with E-state index in [2.05, 4.69) is 38.7 Å². The molecular formula is C14H16O. The third-order valence-corrected chi connectivity index (χ3v) is 4.69. The summed E-state index contributed by atoms with van der Waals surface area (Å²) in [6.07, 6.45) is 8.63. The largest absolute Gasteiger partial charge is 0.294 e. The van der Waals surface area contributed by atoms with Crippen LogP contribution in [0.25, 0.3) is 0 Å². The van der Waals surface area contributed by atoms with Crippen molar-refractivity contribution in [1.29, 1.82) is 0 Å². The molecule has 1 heteroatoms. The Hall–Kier alpha value is -1.11. The van der Waals surface area contributed by atoms with Crippen molar-refractivity contribution in [2.45, 2.75) is 26.7 Å². The first-order valence-electron chi connectivity index (χ1n) is 5.61. The van der Waals surface area contributed by atoms with Gasteiger partial charge in [-0.1, -0.05) is 37.3 Å². The Balaban J connectivity index is 2.29. The number of ketones is 1. The average molecular weight is 200 g/mol. The van der Waals surface area contributed by atoms with Crippen LogP contribution in [0.2, 0.25) is 0 Å². The summed E-state index contributed by atoms with van der Waals surface area (Å²) in [5.41, 5.74) is 1.79. The molecule has 78 valence electrons. The van der Waals surface area contributed by atoms with Crippen LogP contribution in [-0.4, -0.2) is 5.78 Å². The van der Waals surface area contributed by atoms with Gasteiger partial charge in [0.1, 0.15) is 0 Å². The van der Waals surface area contributed by atoms with Gasteiger partial charge in [-0.05, 0) is 31.3 Å². The van der Waals surface area contributed by atoms with E-state index < -0.39 is 0 Å². The molecule has 4 aliphatic rings. The summed E-state index contributed by atoms with van der Waals surface area (Å²) >= 11 is 0. The third kappa shape index (κ3) is 0.794. The molecule has 0 aromatic heterocycles. The van der Waals surface area contributed by atoms with Crippen LogP contribution in [0.1, 0.15) is 26.7 Å². The van der Waals surface area contributed by atoms with Crippen LogP contribution in [0.3, 0.4) is 0 Å². The van der Waals surface area contributed by atoms with E-state index in [1.807, 2.05) is 0 Å². The Morgan fingerprint density at radius 3 is 3.00 bits per heavy atom. The summed E-state index contributed by atoms with van der Waals surface area (Å²) in [7, 11) is 0. The molecule has 0 heterocycles. The molecule has 1 nitrogen and oxygen atoms in total. The summed E-state index contributed by atoms with van der Waals surface area (Å²) < 4.78 is 0. The van der Waals surface area contributed by atoms with Crippen LogP contribution < -0.4 is 0 Å². The molecule has 4 aliphatic carbocycles. The first kappa shape index (κ1) is 9.14. The highest BCUT2D eigenvalue weighted by molar-refractivity contribution is 6.06. The van der Waals surface area contributed by atoms with Gasteiger partial charge < -0.3 is 0 Å². The molecule has 0 unspecified atom stereocenters. The fourth-order valence-corrected chi connectivity index (χ4v) is 3.73. The summed E-state index contributed by atoms with van der Waals surface area (Å²) in [4.78, 5) is 12.4. The fourth-order valence-electron chi connectivity index (χ4n) is 3.73. The van der Waals surface area contributed by atoms with E-state index in [9.17, 15) is 4.79 Å². The maximum absolute atomic E-state index is 12.4. The zero-order chi connectivity index (χ0) is 10.8. The molecule has 3 atom stereocenters. The molecule has 0 aromatic carbocycles. The monoisotopic (exact) mass is 200 g/mol. The zero-order valence-electron chi connectivity index (χ0n) is 9.34. The van der Waals surface area contributed by atoms with Crippen LogP contribution in [-0.2, 0) is 4.79 Å². The Labute approximate surface area is 90.6 Å². The van der Waals surface area contributed by atoms with Gasteiger partial charge in [0.25, 0.3) is 0 Å². The minimum atomic E-state index is -0.227. The normalized spacial score (nSPS) is 47.1. The number of carbonyl (C=O) groups excluding carboxylic acids is 1. The maximum Gasteiger partial charge on any atom is 0.170 e. The van der Waals surface area contributed by atoms with Gasteiger partial charge in [-0.15, -0.1) is 0 Å². The average Bonchev–Trinajstić information content (AvgIpc) is 2.58. The Kier molecular flexibility index (Phi) is 1.43. The van der Waals surface area contributed by atoms with Crippen LogP contribution in [0.5, 0.6) is 0 Å². The van der Waals surface area contributed by atoms with Gasteiger partial charge in [-0.2, -0.15) is 0 Å². The van der Waals surface area contributed by atoms with E-state index in [-0.39, 0.29) is 10.8 Å². The summed E-state index contributed by atoms with van der Waals surface area (Å²) in [5.74, 6) is 0.719. The van der Waals surface area contributed by atoms with Gasteiger partial charge >= 0.3 is 0 Å². The fraction of sp³-hybridized carbons (Fsp3) is 0.500. The molecule has 0 aromatic rings. The second-order valence-corrected chi connectivity index (χ2v) is 5.47. The SMILES string of the molecule is C=C1C(=O)[C@]23CC=C[C@H]2C[C@@]1(C)C=C3C. The second kappa shape index (κ2) is 2.34. The van der Waals surface area contributed by atoms with Gasteiger partial charge in [-0.25, -0.2) is 0 Å². The van der Waals surface area contributed by atoms with Gasteiger partial charge in [-0.3, -0.25) is 4.79 Å². The number of carbonyl (C=O) groups is 1. The van der Waals surface area contributed by atoms with Crippen LogP contribution in [0.15, 0.2) is 36.0 Å². The Morgan fingerprint density at radius 2 is 2.27 bits per heavy atom. The number of hydrogen-bond donors (Lipinski definition) is 0. The molecule has 0 aliphatic heterocycles. The first-order chi connectivity index (χ1) is 7.01. The van der Waals surface area contributed by atoms with E-state index in [1.165, 1.54) is 5.57 Å². The van der Waals surface area contributed by atoms with Crippen molar-refractivity contribution >= 4 is 5.78 Å². The van der Waals surface area contributed by atoms with Gasteiger partial charge in [0, 0.05) is 5.41 Å². The van der Waals surface area contributed by atoms with Gasteiger partial charge in [0.05, 0.1) is 5.41 Å². The number of Topliss-reactive ketones (excluding diaryl/α,β-unsaturated/α-hetero) is 1. The van der Waals surface area contributed by atoms with Gasteiger partial charge in [0.15, 0.2) is 5.78 Å². The third-order valence-electron chi connectivity index (χ3n) is 4.69. The molecular weight excluding hydrogens is 184 g/mol.